The van der Waals surface area contributed by atoms with E-state index in [1.807, 2.05) is 19.9 Å². The van der Waals surface area contributed by atoms with Crippen LogP contribution >= 0.6 is 0 Å². The summed E-state index contributed by atoms with van der Waals surface area (Å²) in [5.74, 6) is 0.608. The van der Waals surface area contributed by atoms with E-state index in [1.165, 1.54) is 36.4 Å². The molecule has 3 aromatic carbocycles. The SMILES string of the molecule is COc1cc2nccc(Oc3ccc(NC(=O)[C@H]4CC4(C)C)cc3F)c2cc1OCCCN1CCOCC1.O=CNc1ccc(F)cc1. The second-order valence-electron chi connectivity index (χ2n) is 12.2. The van der Waals surface area contributed by atoms with E-state index in [9.17, 15) is 18.4 Å². The molecule has 1 saturated heterocycles. The molecule has 2 heterocycles. The molecule has 2 fully saturated rings. The van der Waals surface area contributed by atoms with Crippen LogP contribution in [0.2, 0.25) is 0 Å². The van der Waals surface area contributed by atoms with Crippen LogP contribution in [0.4, 0.5) is 20.2 Å². The van der Waals surface area contributed by atoms with Gasteiger partial charge in [-0.05, 0) is 66.8 Å². The van der Waals surface area contributed by atoms with Gasteiger partial charge in [-0.15, -0.1) is 0 Å². The second kappa shape index (κ2) is 15.9. The lowest BCUT2D eigenvalue weighted by Crippen LogP contribution is -2.37. The Morgan fingerprint density at radius 1 is 1.00 bits per heavy atom. The monoisotopic (exact) mass is 662 g/mol. The molecule has 2 amide bonds. The van der Waals surface area contributed by atoms with Crippen molar-refractivity contribution in [2.45, 2.75) is 26.7 Å². The third-order valence-corrected chi connectivity index (χ3v) is 8.29. The number of amides is 2. The predicted molar refractivity (Wildman–Crippen MR) is 179 cm³/mol. The number of halogens is 2. The molecular formula is C36H40F2N4O6. The molecule has 48 heavy (non-hydrogen) atoms. The smallest absolute Gasteiger partial charge is 0.228 e. The van der Waals surface area contributed by atoms with Crippen LogP contribution in [0.5, 0.6) is 23.0 Å². The van der Waals surface area contributed by atoms with Gasteiger partial charge in [-0.1, -0.05) is 13.8 Å². The molecule has 4 aromatic rings. The third kappa shape index (κ3) is 9.17. The molecule has 0 radical (unpaired) electrons. The fraction of sp³-hybridized carbons (Fsp3) is 0.361. The van der Waals surface area contributed by atoms with Crippen LogP contribution < -0.4 is 24.8 Å². The summed E-state index contributed by atoms with van der Waals surface area (Å²) in [6, 6.07) is 15.3. The Labute approximate surface area is 278 Å². The van der Waals surface area contributed by atoms with Crippen molar-refractivity contribution in [2.24, 2.45) is 11.3 Å². The Hall–Kier alpha value is -4.81. The fourth-order valence-corrected chi connectivity index (χ4v) is 5.32. The lowest BCUT2D eigenvalue weighted by atomic mass is 10.1. The minimum Gasteiger partial charge on any atom is -0.493 e. The van der Waals surface area contributed by atoms with E-state index >= 15 is 0 Å². The van der Waals surface area contributed by atoms with Crippen LogP contribution in [0.1, 0.15) is 26.7 Å². The highest BCUT2D eigenvalue weighted by Crippen LogP contribution is 2.52. The number of rotatable bonds is 12. The average molecular weight is 663 g/mol. The van der Waals surface area contributed by atoms with Gasteiger partial charge in [0.15, 0.2) is 23.1 Å². The summed E-state index contributed by atoms with van der Waals surface area (Å²) < 4.78 is 50.1. The van der Waals surface area contributed by atoms with Gasteiger partial charge in [0.2, 0.25) is 12.3 Å². The van der Waals surface area contributed by atoms with Crippen molar-refractivity contribution in [1.82, 2.24) is 9.88 Å². The van der Waals surface area contributed by atoms with Gasteiger partial charge >= 0.3 is 0 Å². The molecule has 2 aliphatic rings. The second-order valence-corrected chi connectivity index (χ2v) is 12.2. The number of ether oxygens (including phenoxy) is 4. The van der Waals surface area contributed by atoms with E-state index in [2.05, 4.69) is 20.5 Å². The normalized spacial score (nSPS) is 16.6. The first-order valence-electron chi connectivity index (χ1n) is 15.8. The summed E-state index contributed by atoms with van der Waals surface area (Å²) >= 11 is 0. The first-order valence-corrected chi connectivity index (χ1v) is 15.8. The maximum Gasteiger partial charge on any atom is 0.228 e. The molecule has 0 unspecified atom stereocenters. The highest BCUT2D eigenvalue weighted by atomic mass is 19.1. The van der Waals surface area contributed by atoms with Gasteiger partial charge in [0.25, 0.3) is 0 Å². The number of aromatic nitrogens is 1. The number of hydrogen-bond acceptors (Lipinski definition) is 8. The minimum atomic E-state index is -0.573. The first-order chi connectivity index (χ1) is 23.2. The van der Waals surface area contributed by atoms with E-state index in [0.717, 1.165) is 45.7 Å². The van der Waals surface area contributed by atoms with Crippen LogP contribution in [-0.2, 0) is 14.3 Å². The number of benzene rings is 3. The lowest BCUT2D eigenvalue weighted by molar-refractivity contribution is -0.118. The topological polar surface area (TPSA) is 111 Å². The predicted octanol–water partition coefficient (Wildman–Crippen LogP) is 6.65. The number of nitrogens with zero attached hydrogens (tertiary/aromatic N) is 2. The van der Waals surface area contributed by atoms with Crippen molar-refractivity contribution in [1.29, 1.82) is 0 Å². The quantitative estimate of drug-likeness (QED) is 0.128. The summed E-state index contributed by atoms with van der Waals surface area (Å²) in [5, 5.41) is 5.86. The standard InChI is InChI=1S/C29H34FN3O5.C7H6FNO/c1-29(2)18-21(29)28(34)32-19-5-6-25(22(30)15-19)38-24-7-8-31-23-17-26(35-3)27(16-20(23)24)37-12-4-9-33-10-13-36-14-11-33;8-6-1-3-7(4-2-6)9-5-10/h5-8,15-17,21H,4,9-14,18H2,1-3H3,(H,32,34);1-5H,(H,9,10)/t21-;/m1./s1. The first kappa shape index (κ1) is 34.5. The number of methoxy groups -OCH3 is 1. The molecule has 1 aromatic heterocycles. The Morgan fingerprint density at radius 3 is 2.40 bits per heavy atom. The molecular weight excluding hydrogens is 622 g/mol. The Morgan fingerprint density at radius 2 is 1.73 bits per heavy atom. The number of carbonyl (C=O) groups is 2. The van der Waals surface area contributed by atoms with Crippen LogP contribution in [0.15, 0.2) is 66.9 Å². The average Bonchev–Trinajstić information content (AvgIpc) is 3.74. The summed E-state index contributed by atoms with van der Waals surface area (Å²) in [7, 11) is 1.59. The zero-order valence-corrected chi connectivity index (χ0v) is 27.3. The third-order valence-electron chi connectivity index (χ3n) is 8.29. The van der Waals surface area contributed by atoms with Crippen LogP contribution in [0.25, 0.3) is 10.9 Å². The molecule has 254 valence electrons. The van der Waals surface area contributed by atoms with Crippen LogP contribution in [-0.4, -0.2) is 68.8 Å². The van der Waals surface area contributed by atoms with Gasteiger partial charge in [0, 0.05) is 60.6 Å². The molecule has 1 saturated carbocycles. The Kier molecular flexibility index (Phi) is 11.4. The van der Waals surface area contributed by atoms with Crippen molar-refractivity contribution < 1.29 is 37.3 Å². The number of pyridine rings is 1. The number of nitrogens with one attached hydrogen (secondary N) is 2. The maximum absolute atomic E-state index is 15.0. The van der Waals surface area contributed by atoms with Gasteiger partial charge in [0.1, 0.15) is 11.6 Å². The van der Waals surface area contributed by atoms with Gasteiger partial charge in [-0.25, -0.2) is 8.78 Å². The molecule has 1 aliphatic heterocycles. The molecule has 1 aliphatic carbocycles. The fourth-order valence-electron chi connectivity index (χ4n) is 5.32. The summed E-state index contributed by atoms with van der Waals surface area (Å²) in [6.45, 7) is 8.97. The van der Waals surface area contributed by atoms with E-state index in [-0.39, 0.29) is 28.8 Å². The lowest BCUT2D eigenvalue weighted by Gasteiger charge is -2.26. The number of morpholine rings is 1. The molecule has 12 heteroatoms. The van der Waals surface area contributed by atoms with E-state index in [4.69, 9.17) is 18.9 Å². The minimum absolute atomic E-state index is 0.00205. The van der Waals surface area contributed by atoms with Crippen LogP contribution in [0, 0.1) is 23.0 Å². The number of hydrogen-bond donors (Lipinski definition) is 2. The molecule has 6 rings (SSSR count). The number of fused-ring (bicyclic) bond motifs is 1. The molecule has 0 bridgehead atoms. The molecule has 1 atom stereocenters. The highest BCUT2D eigenvalue weighted by molar-refractivity contribution is 5.95. The van der Waals surface area contributed by atoms with E-state index < -0.39 is 5.82 Å². The molecule has 2 N–H and O–H groups in total. The Bertz CT molecular complexity index is 1710. The van der Waals surface area contributed by atoms with E-state index in [0.29, 0.717) is 52.5 Å². The van der Waals surface area contributed by atoms with Crippen LogP contribution in [0.3, 0.4) is 0 Å². The summed E-state index contributed by atoms with van der Waals surface area (Å²) in [5.41, 5.74) is 1.63. The van der Waals surface area contributed by atoms with Gasteiger partial charge in [0.05, 0.1) is 32.4 Å². The van der Waals surface area contributed by atoms with Crippen molar-refractivity contribution >= 4 is 34.6 Å². The maximum atomic E-state index is 15.0. The van der Waals surface area contributed by atoms with Crippen molar-refractivity contribution in [3.05, 3.63) is 78.5 Å². The molecule has 10 nitrogen and oxygen atoms in total. The Balaban J connectivity index is 0.000000387. The number of carbonyl (C=O) groups excluding carboxylic acids is 2. The summed E-state index contributed by atoms with van der Waals surface area (Å²) in [4.78, 5) is 29.0. The van der Waals surface area contributed by atoms with E-state index in [1.54, 1.807) is 31.5 Å². The van der Waals surface area contributed by atoms with Crippen molar-refractivity contribution in [3.63, 3.8) is 0 Å². The summed E-state index contributed by atoms with van der Waals surface area (Å²) in [6.07, 6.45) is 3.85. The highest BCUT2D eigenvalue weighted by Gasteiger charge is 2.50. The molecule has 0 spiro atoms. The largest absolute Gasteiger partial charge is 0.493 e. The van der Waals surface area contributed by atoms with Crippen molar-refractivity contribution in [2.75, 3.05) is 57.2 Å². The van der Waals surface area contributed by atoms with Gasteiger partial charge < -0.3 is 29.6 Å². The van der Waals surface area contributed by atoms with Crippen molar-refractivity contribution in [3.8, 4) is 23.0 Å². The van der Waals surface area contributed by atoms with Gasteiger partial charge in [-0.3, -0.25) is 19.5 Å². The zero-order valence-electron chi connectivity index (χ0n) is 27.3. The number of anilines is 2. The zero-order chi connectivity index (χ0) is 34.1. The van der Waals surface area contributed by atoms with Gasteiger partial charge in [-0.2, -0.15) is 0 Å².